The molecule has 0 saturated carbocycles. The molecule has 9 heteroatoms. The molecule has 0 unspecified atom stereocenters. The Bertz CT molecular complexity index is 1330. The molecule has 0 spiro atoms. The van der Waals surface area contributed by atoms with Crippen molar-refractivity contribution in [1.82, 2.24) is 4.98 Å². The molecule has 2 aromatic heterocycles. The molecule has 0 amide bonds. The number of aromatic nitrogens is 1. The van der Waals surface area contributed by atoms with Crippen LogP contribution >= 0.6 is 0 Å². The smallest absolute Gasteiger partial charge is 0.262 e. The van der Waals surface area contributed by atoms with Crippen LogP contribution in [0.2, 0.25) is 0 Å². The second-order valence-corrected chi connectivity index (χ2v) is 8.65. The van der Waals surface area contributed by atoms with Crippen LogP contribution in [0.5, 0.6) is 0 Å². The summed E-state index contributed by atoms with van der Waals surface area (Å²) < 4.78 is 60.0. The minimum Gasteiger partial charge on any atom is -0.466 e. The van der Waals surface area contributed by atoms with Crippen LogP contribution in [0, 0.1) is 18.6 Å². The first-order chi connectivity index (χ1) is 14.8. The van der Waals surface area contributed by atoms with Crippen LogP contribution in [0.3, 0.4) is 0 Å². The Morgan fingerprint density at radius 1 is 1.00 bits per heavy atom. The number of hydrogen-bond donors (Lipinski definition) is 2. The van der Waals surface area contributed by atoms with Crippen LogP contribution in [0.25, 0.3) is 10.9 Å². The number of aryl methyl sites for hydroxylation is 1. The standard InChI is InChI=1S/C22H19F2N3O3S/c1-14-5-6-17(30-14)9-10-25-22-8-7-19-20(26-22)3-2-4-21(19)27-31(28,29)18-12-15(23)11-16(24)13-18/h2-8,11-13,27H,9-10H2,1H3,(H,25,26). The number of anilines is 2. The molecule has 0 radical (unpaired) electrons. The lowest BCUT2D eigenvalue weighted by Crippen LogP contribution is -2.14. The van der Waals surface area contributed by atoms with Crippen molar-refractivity contribution in [1.29, 1.82) is 0 Å². The van der Waals surface area contributed by atoms with Crippen LogP contribution in [0.15, 0.2) is 70.0 Å². The molecule has 6 nitrogen and oxygen atoms in total. The highest BCUT2D eigenvalue weighted by molar-refractivity contribution is 7.92. The van der Waals surface area contributed by atoms with Crippen LogP contribution in [0.1, 0.15) is 11.5 Å². The monoisotopic (exact) mass is 443 g/mol. The Hall–Kier alpha value is -3.46. The van der Waals surface area contributed by atoms with Gasteiger partial charge in [-0.05, 0) is 55.5 Å². The molecule has 160 valence electrons. The van der Waals surface area contributed by atoms with E-state index in [1.807, 2.05) is 19.1 Å². The van der Waals surface area contributed by atoms with E-state index >= 15 is 0 Å². The van der Waals surface area contributed by atoms with Crippen LogP contribution in [0.4, 0.5) is 20.3 Å². The molecule has 0 bridgehead atoms. The van der Waals surface area contributed by atoms with Crippen LogP contribution < -0.4 is 10.0 Å². The lowest BCUT2D eigenvalue weighted by molar-refractivity contribution is 0.486. The van der Waals surface area contributed by atoms with Crippen molar-refractivity contribution >= 4 is 32.4 Å². The number of pyridine rings is 1. The summed E-state index contributed by atoms with van der Waals surface area (Å²) in [6, 6.07) is 14.4. The third-order valence-corrected chi connectivity index (χ3v) is 5.94. The van der Waals surface area contributed by atoms with Crippen molar-refractivity contribution in [2.75, 3.05) is 16.6 Å². The molecule has 2 heterocycles. The third-order valence-electron chi connectivity index (χ3n) is 4.60. The molecule has 2 aromatic carbocycles. The molecule has 0 saturated heterocycles. The fourth-order valence-electron chi connectivity index (χ4n) is 3.16. The summed E-state index contributed by atoms with van der Waals surface area (Å²) in [7, 11) is -4.19. The second-order valence-electron chi connectivity index (χ2n) is 6.97. The quantitative estimate of drug-likeness (QED) is 0.426. The Kier molecular flexibility index (Phi) is 5.60. The van der Waals surface area contributed by atoms with Gasteiger partial charge in [-0.3, -0.25) is 4.72 Å². The van der Waals surface area contributed by atoms with E-state index in [9.17, 15) is 17.2 Å². The van der Waals surface area contributed by atoms with Gasteiger partial charge in [0, 0.05) is 24.4 Å². The first kappa shape index (κ1) is 20.8. The fraction of sp³-hybridized carbons (Fsp3) is 0.136. The minimum atomic E-state index is -4.19. The van der Waals surface area contributed by atoms with Crippen molar-refractivity contribution in [3.05, 3.63) is 83.8 Å². The van der Waals surface area contributed by atoms with E-state index in [-0.39, 0.29) is 5.69 Å². The number of halogens is 2. The van der Waals surface area contributed by atoms with E-state index in [1.54, 1.807) is 30.3 Å². The molecule has 0 fully saturated rings. The van der Waals surface area contributed by atoms with Gasteiger partial charge in [0.2, 0.25) is 0 Å². The van der Waals surface area contributed by atoms with Crippen LogP contribution in [-0.2, 0) is 16.4 Å². The van der Waals surface area contributed by atoms with Gasteiger partial charge in [-0.15, -0.1) is 0 Å². The lowest BCUT2D eigenvalue weighted by Gasteiger charge is -2.12. The molecule has 0 aliphatic carbocycles. The topological polar surface area (TPSA) is 84.2 Å². The first-order valence-electron chi connectivity index (χ1n) is 9.48. The Morgan fingerprint density at radius 3 is 2.48 bits per heavy atom. The molecule has 0 atom stereocenters. The van der Waals surface area contributed by atoms with Gasteiger partial charge in [0.05, 0.1) is 16.1 Å². The van der Waals surface area contributed by atoms with Gasteiger partial charge in [0.1, 0.15) is 29.0 Å². The average Bonchev–Trinajstić information content (AvgIpc) is 3.12. The minimum absolute atomic E-state index is 0.257. The highest BCUT2D eigenvalue weighted by Crippen LogP contribution is 2.26. The number of benzene rings is 2. The number of furan rings is 1. The van der Waals surface area contributed by atoms with Gasteiger partial charge in [0.25, 0.3) is 10.0 Å². The van der Waals surface area contributed by atoms with Gasteiger partial charge in [-0.2, -0.15) is 0 Å². The van der Waals surface area contributed by atoms with E-state index in [4.69, 9.17) is 4.42 Å². The van der Waals surface area contributed by atoms with Gasteiger partial charge in [-0.1, -0.05) is 6.07 Å². The van der Waals surface area contributed by atoms with E-state index in [0.29, 0.717) is 35.8 Å². The molecule has 0 aliphatic rings. The molecule has 31 heavy (non-hydrogen) atoms. The SMILES string of the molecule is Cc1ccc(CCNc2ccc3c(NS(=O)(=O)c4cc(F)cc(F)c4)cccc3n2)o1. The van der Waals surface area contributed by atoms with Crippen LogP contribution in [-0.4, -0.2) is 19.9 Å². The van der Waals surface area contributed by atoms with E-state index in [0.717, 1.165) is 23.7 Å². The van der Waals surface area contributed by atoms with Crippen molar-refractivity contribution in [2.45, 2.75) is 18.2 Å². The van der Waals surface area contributed by atoms with E-state index in [2.05, 4.69) is 15.0 Å². The van der Waals surface area contributed by atoms with Gasteiger partial charge >= 0.3 is 0 Å². The Balaban J connectivity index is 1.53. The summed E-state index contributed by atoms with van der Waals surface area (Å²) >= 11 is 0. The summed E-state index contributed by atoms with van der Waals surface area (Å²) in [6.45, 7) is 2.50. The normalized spacial score (nSPS) is 11.6. The zero-order valence-corrected chi connectivity index (χ0v) is 17.3. The summed E-state index contributed by atoms with van der Waals surface area (Å²) in [4.78, 5) is 4.01. The maximum Gasteiger partial charge on any atom is 0.262 e. The Labute approximate surface area is 178 Å². The summed E-state index contributed by atoms with van der Waals surface area (Å²) in [5, 5.41) is 3.76. The molecular weight excluding hydrogens is 424 g/mol. The number of nitrogens with zero attached hydrogens (tertiary/aromatic N) is 1. The highest BCUT2D eigenvalue weighted by Gasteiger charge is 2.18. The van der Waals surface area contributed by atoms with Crippen molar-refractivity contribution in [3.63, 3.8) is 0 Å². The van der Waals surface area contributed by atoms with E-state index < -0.39 is 26.6 Å². The average molecular weight is 443 g/mol. The number of rotatable bonds is 7. The Morgan fingerprint density at radius 2 is 1.77 bits per heavy atom. The largest absolute Gasteiger partial charge is 0.466 e. The zero-order valence-electron chi connectivity index (χ0n) is 16.5. The molecule has 2 N–H and O–H groups in total. The van der Waals surface area contributed by atoms with E-state index in [1.165, 1.54) is 0 Å². The number of hydrogen-bond acceptors (Lipinski definition) is 5. The molecular formula is C22H19F2N3O3S. The summed E-state index contributed by atoms with van der Waals surface area (Å²) in [5.74, 6) is 0.412. The van der Waals surface area contributed by atoms with Gasteiger partial charge in [0.15, 0.2) is 0 Å². The van der Waals surface area contributed by atoms with Crippen molar-refractivity contribution in [2.24, 2.45) is 0 Å². The van der Waals surface area contributed by atoms with Gasteiger partial charge in [-0.25, -0.2) is 22.2 Å². The number of fused-ring (bicyclic) bond motifs is 1. The predicted octanol–water partition coefficient (Wildman–Crippen LogP) is 4.87. The molecule has 4 aromatic rings. The fourth-order valence-corrected chi connectivity index (χ4v) is 4.28. The maximum atomic E-state index is 13.5. The number of sulfonamides is 1. The zero-order chi connectivity index (χ0) is 22.0. The lowest BCUT2D eigenvalue weighted by atomic mass is 10.2. The summed E-state index contributed by atoms with van der Waals surface area (Å²) in [6.07, 6.45) is 0.692. The highest BCUT2D eigenvalue weighted by atomic mass is 32.2. The third kappa shape index (κ3) is 4.83. The summed E-state index contributed by atoms with van der Waals surface area (Å²) in [5.41, 5.74) is 0.816. The first-order valence-corrected chi connectivity index (χ1v) is 11.0. The van der Waals surface area contributed by atoms with Gasteiger partial charge < -0.3 is 9.73 Å². The van der Waals surface area contributed by atoms with Crippen molar-refractivity contribution < 1.29 is 21.6 Å². The maximum absolute atomic E-state index is 13.5. The molecule has 0 aliphatic heterocycles. The van der Waals surface area contributed by atoms with Crippen molar-refractivity contribution in [3.8, 4) is 0 Å². The predicted molar refractivity (Wildman–Crippen MR) is 115 cm³/mol. The molecule has 4 rings (SSSR count). The number of nitrogens with one attached hydrogen (secondary N) is 2. The second kappa shape index (κ2) is 8.35.